The molecule has 0 aliphatic heterocycles. The van der Waals surface area contributed by atoms with Gasteiger partial charge in [-0.2, -0.15) is 0 Å². The molecule has 0 radical (unpaired) electrons. The topological polar surface area (TPSA) is 12.4 Å². The van der Waals surface area contributed by atoms with Crippen LogP contribution < -0.4 is 0 Å². The van der Waals surface area contributed by atoms with Crippen LogP contribution in [0, 0.1) is 0 Å². The molecule has 0 amide bonds. The average Bonchev–Trinajstić information content (AvgIpc) is 2.45. The van der Waals surface area contributed by atoms with Crippen molar-refractivity contribution >= 4 is 19.6 Å². The second-order valence-corrected chi connectivity index (χ2v) is 6.53. The molecule has 1 nitrogen and oxygen atoms in total. The Morgan fingerprint density at radius 3 is 2.17 bits per heavy atom. The van der Waals surface area contributed by atoms with E-state index in [9.17, 15) is 0 Å². The van der Waals surface area contributed by atoms with Gasteiger partial charge in [-0.1, -0.05) is 0 Å². The molecule has 18 heavy (non-hydrogen) atoms. The summed E-state index contributed by atoms with van der Waals surface area (Å²) in [6, 6.07) is 21.0. The SMILES string of the molecule is CC[Se]C(=NCc1ccccc1)c1ccccc1. The summed E-state index contributed by atoms with van der Waals surface area (Å²) in [5.74, 6) is 0. The van der Waals surface area contributed by atoms with Gasteiger partial charge in [-0.05, 0) is 0 Å². The maximum absolute atomic E-state index is 4.80. The molecule has 0 heterocycles. The van der Waals surface area contributed by atoms with Crippen LogP contribution in [0.1, 0.15) is 18.1 Å². The normalized spacial score (nSPS) is 11.5. The zero-order chi connectivity index (χ0) is 12.6. The molecule has 2 aromatic rings. The number of nitrogens with zero attached hydrogens (tertiary/aromatic N) is 1. The summed E-state index contributed by atoms with van der Waals surface area (Å²) in [7, 11) is 0. The minimum absolute atomic E-state index is 0.468. The molecule has 0 atom stereocenters. The Bertz CT molecular complexity index is 491. The molecule has 0 aliphatic carbocycles. The van der Waals surface area contributed by atoms with Gasteiger partial charge in [0.25, 0.3) is 0 Å². The predicted molar refractivity (Wildman–Crippen MR) is 79.4 cm³/mol. The second-order valence-electron chi connectivity index (χ2n) is 3.91. The van der Waals surface area contributed by atoms with Crippen molar-refractivity contribution in [1.82, 2.24) is 0 Å². The third-order valence-electron chi connectivity index (χ3n) is 2.55. The van der Waals surface area contributed by atoms with Gasteiger partial charge < -0.3 is 0 Å². The number of hydrogen-bond acceptors (Lipinski definition) is 1. The van der Waals surface area contributed by atoms with Gasteiger partial charge in [-0.3, -0.25) is 0 Å². The summed E-state index contributed by atoms with van der Waals surface area (Å²) >= 11 is 0.468. The van der Waals surface area contributed by atoms with Gasteiger partial charge in [0, 0.05) is 0 Å². The quantitative estimate of drug-likeness (QED) is 0.589. The fourth-order valence-electron chi connectivity index (χ4n) is 1.68. The molecule has 0 aromatic heterocycles. The third-order valence-corrected chi connectivity index (χ3v) is 4.49. The first-order valence-electron chi connectivity index (χ1n) is 6.16. The molecule has 0 aliphatic rings. The van der Waals surface area contributed by atoms with Crippen molar-refractivity contribution < 1.29 is 0 Å². The Morgan fingerprint density at radius 2 is 1.56 bits per heavy atom. The molecular formula is C16H17NSe. The summed E-state index contributed by atoms with van der Waals surface area (Å²) in [6.07, 6.45) is 0. The van der Waals surface area contributed by atoms with E-state index in [4.69, 9.17) is 4.99 Å². The van der Waals surface area contributed by atoms with Crippen LogP contribution in [0.15, 0.2) is 65.7 Å². The summed E-state index contributed by atoms with van der Waals surface area (Å²) in [6.45, 7) is 3.01. The first-order valence-corrected chi connectivity index (χ1v) is 8.23. The van der Waals surface area contributed by atoms with Crippen molar-refractivity contribution in [3.05, 3.63) is 71.8 Å². The van der Waals surface area contributed by atoms with Crippen LogP contribution in [0.5, 0.6) is 0 Å². The second kappa shape index (κ2) is 7.15. The molecule has 0 N–H and O–H groups in total. The van der Waals surface area contributed by atoms with Crippen molar-refractivity contribution in [2.24, 2.45) is 4.99 Å². The van der Waals surface area contributed by atoms with Crippen LogP contribution in [0.4, 0.5) is 0 Å². The van der Waals surface area contributed by atoms with Crippen molar-refractivity contribution in [2.75, 3.05) is 0 Å². The molecule has 2 rings (SSSR count). The van der Waals surface area contributed by atoms with Gasteiger partial charge in [0.2, 0.25) is 0 Å². The molecule has 92 valence electrons. The van der Waals surface area contributed by atoms with Gasteiger partial charge in [-0.15, -0.1) is 0 Å². The fraction of sp³-hybridized carbons (Fsp3) is 0.188. The predicted octanol–water partition coefficient (Wildman–Crippen LogP) is 3.78. The van der Waals surface area contributed by atoms with Gasteiger partial charge >= 0.3 is 115 Å². The van der Waals surface area contributed by atoms with Gasteiger partial charge in [0.05, 0.1) is 0 Å². The van der Waals surface area contributed by atoms with E-state index in [1.165, 1.54) is 21.1 Å². The van der Waals surface area contributed by atoms with Crippen LogP contribution in [0.3, 0.4) is 0 Å². The van der Waals surface area contributed by atoms with Crippen molar-refractivity contribution in [3.63, 3.8) is 0 Å². The molecule has 0 fully saturated rings. The molecule has 2 aromatic carbocycles. The zero-order valence-corrected chi connectivity index (χ0v) is 12.3. The van der Waals surface area contributed by atoms with Crippen molar-refractivity contribution in [3.8, 4) is 0 Å². The monoisotopic (exact) mass is 303 g/mol. The average molecular weight is 302 g/mol. The summed E-state index contributed by atoms with van der Waals surface area (Å²) in [5.41, 5.74) is 2.55. The summed E-state index contributed by atoms with van der Waals surface area (Å²) in [5, 5.41) is 1.19. The van der Waals surface area contributed by atoms with E-state index in [1.54, 1.807) is 0 Å². The Morgan fingerprint density at radius 1 is 0.944 bits per heavy atom. The van der Waals surface area contributed by atoms with E-state index in [0.29, 0.717) is 15.0 Å². The number of benzene rings is 2. The fourth-order valence-corrected chi connectivity index (χ4v) is 3.22. The van der Waals surface area contributed by atoms with Crippen LogP contribution in [0.25, 0.3) is 0 Å². The molecular weight excluding hydrogens is 285 g/mol. The van der Waals surface area contributed by atoms with Crippen LogP contribution in [0.2, 0.25) is 5.32 Å². The summed E-state index contributed by atoms with van der Waals surface area (Å²) in [4.78, 5) is 4.80. The summed E-state index contributed by atoms with van der Waals surface area (Å²) < 4.78 is 1.27. The Labute approximate surface area is 115 Å². The van der Waals surface area contributed by atoms with E-state index in [-0.39, 0.29) is 0 Å². The van der Waals surface area contributed by atoms with Gasteiger partial charge in [-0.25, -0.2) is 0 Å². The van der Waals surface area contributed by atoms with E-state index < -0.39 is 0 Å². The molecule has 0 spiro atoms. The van der Waals surface area contributed by atoms with Crippen LogP contribution in [-0.4, -0.2) is 19.6 Å². The van der Waals surface area contributed by atoms with E-state index in [1.807, 2.05) is 6.07 Å². The van der Waals surface area contributed by atoms with Gasteiger partial charge in [0.1, 0.15) is 0 Å². The van der Waals surface area contributed by atoms with Gasteiger partial charge in [0.15, 0.2) is 0 Å². The molecule has 0 saturated carbocycles. The zero-order valence-electron chi connectivity index (χ0n) is 10.5. The van der Waals surface area contributed by atoms with Crippen LogP contribution >= 0.6 is 0 Å². The number of aliphatic imine (C=N–C) groups is 1. The first-order chi connectivity index (χ1) is 8.90. The van der Waals surface area contributed by atoms with E-state index >= 15 is 0 Å². The Balaban J connectivity index is 2.15. The Hall–Kier alpha value is -1.37. The molecule has 0 saturated heterocycles. The molecule has 0 unspecified atom stereocenters. The minimum atomic E-state index is 0.468. The maximum atomic E-state index is 4.80. The standard InChI is InChI=1S/C16H17NSe/c1-2-18-16(15-11-7-4-8-12-15)17-13-14-9-5-3-6-10-14/h3-12H,2,13H2,1H3. The molecule has 2 heteroatoms. The van der Waals surface area contributed by atoms with E-state index in [2.05, 4.69) is 61.5 Å². The van der Waals surface area contributed by atoms with Crippen LogP contribution in [-0.2, 0) is 6.54 Å². The van der Waals surface area contributed by atoms with E-state index in [0.717, 1.165) is 6.54 Å². The van der Waals surface area contributed by atoms with Crippen molar-refractivity contribution in [2.45, 2.75) is 18.8 Å². The number of rotatable bonds is 5. The third kappa shape index (κ3) is 3.83. The van der Waals surface area contributed by atoms with Crippen molar-refractivity contribution in [1.29, 1.82) is 0 Å². The first kappa shape index (κ1) is 13.1. The number of hydrogen-bond donors (Lipinski definition) is 0. The molecule has 0 bridgehead atoms. The Kier molecular flexibility index (Phi) is 5.19.